The molecule has 2 atom stereocenters. The maximum atomic E-state index is 12.0. The predicted octanol–water partition coefficient (Wildman–Crippen LogP) is 0.168. The van der Waals surface area contributed by atoms with Crippen LogP contribution in [-0.2, 0) is 4.79 Å². The van der Waals surface area contributed by atoms with Crippen LogP contribution in [0.15, 0.2) is 0 Å². The minimum Gasteiger partial charge on any atom is -0.382 e. The van der Waals surface area contributed by atoms with Gasteiger partial charge in [0.15, 0.2) is 6.10 Å². The van der Waals surface area contributed by atoms with Crippen molar-refractivity contribution in [1.82, 2.24) is 10.6 Å². The van der Waals surface area contributed by atoms with E-state index in [2.05, 4.69) is 10.6 Å². The van der Waals surface area contributed by atoms with Gasteiger partial charge < -0.3 is 15.7 Å². The van der Waals surface area contributed by atoms with Gasteiger partial charge in [0.1, 0.15) is 0 Å². The second-order valence-electron chi connectivity index (χ2n) is 3.86. The number of carbonyl (C=O) groups excluding carboxylic acids is 1. The zero-order valence-corrected chi connectivity index (χ0v) is 8.68. The largest absolute Gasteiger partial charge is 0.415 e. The second-order valence-corrected chi connectivity index (χ2v) is 3.86. The van der Waals surface area contributed by atoms with E-state index in [0.29, 0.717) is 13.0 Å². The SMILES string of the molecule is O=C1CC(NCC(O)C(F)(F)F)CCCN1. The number of halogens is 3. The summed E-state index contributed by atoms with van der Waals surface area (Å²) in [6.07, 6.45) is -5.47. The Balaban J connectivity index is 2.33. The van der Waals surface area contributed by atoms with Crippen molar-refractivity contribution in [2.75, 3.05) is 13.1 Å². The number of nitrogens with one attached hydrogen (secondary N) is 2. The standard InChI is InChI=1S/C9H15F3N2O2/c10-9(11,12)7(15)5-14-6-2-1-3-13-8(16)4-6/h6-7,14-15H,1-5H2,(H,13,16). The Morgan fingerprint density at radius 3 is 2.88 bits per heavy atom. The zero-order valence-electron chi connectivity index (χ0n) is 8.68. The molecule has 0 radical (unpaired) electrons. The molecule has 0 aromatic carbocycles. The van der Waals surface area contributed by atoms with Crippen molar-refractivity contribution in [3.8, 4) is 0 Å². The van der Waals surface area contributed by atoms with Crippen molar-refractivity contribution in [2.45, 2.75) is 37.6 Å². The van der Waals surface area contributed by atoms with E-state index in [1.54, 1.807) is 0 Å². The fourth-order valence-electron chi connectivity index (χ4n) is 1.54. The molecule has 1 saturated heterocycles. The van der Waals surface area contributed by atoms with Crippen LogP contribution < -0.4 is 10.6 Å². The highest BCUT2D eigenvalue weighted by Gasteiger charge is 2.38. The summed E-state index contributed by atoms with van der Waals surface area (Å²) >= 11 is 0. The van der Waals surface area contributed by atoms with Crippen molar-refractivity contribution in [3.63, 3.8) is 0 Å². The first-order chi connectivity index (χ1) is 7.39. The summed E-state index contributed by atoms with van der Waals surface area (Å²) in [4.78, 5) is 11.1. The highest BCUT2D eigenvalue weighted by Crippen LogP contribution is 2.19. The van der Waals surface area contributed by atoms with E-state index >= 15 is 0 Å². The maximum absolute atomic E-state index is 12.0. The van der Waals surface area contributed by atoms with E-state index in [4.69, 9.17) is 5.11 Å². The van der Waals surface area contributed by atoms with Gasteiger partial charge in [-0.1, -0.05) is 0 Å². The first kappa shape index (κ1) is 13.2. The third-order valence-electron chi connectivity index (χ3n) is 2.46. The summed E-state index contributed by atoms with van der Waals surface area (Å²) < 4.78 is 36.0. The highest BCUT2D eigenvalue weighted by molar-refractivity contribution is 5.76. The van der Waals surface area contributed by atoms with Gasteiger partial charge in [-0.3, -0.25) is 4.79 Å². The molecule has 1 rings (SSSR count). The van der Waals surface area contributed by atoms with E-state index in [1.165, 1.54) is 0 Å². The zero-order chi connectivity index (χ0) is 12.2. The van der Waals surface area contributed by atoms with E-state index < -0.39 is 18.8 Å². The van der Waals surface area contributed by atoms with E-state index in [0.717, 1.165) is 6.42 Å². The van der Waals surface area contributed by atoms with Crippen LogP contribution in [0.25, 0.3) is 0 Å². The average molecular weight is 240 g/mol. The van der Waals surface area contributed by atoms with Gasteiger partial charge in [0.2, 0.25) is 5.91 Å². The number of rotatable bonds is 3. The average Bonchev–Trinajstić information content (AvgIpc) is 2.37. The molecule has 94 valence electrons. The van der Waals surface area contributed by atoms with Gasteiger partial charge in [0.05, 0.1) is 0 Å². The lowest BCUT2D eigenvalue weighted by Crippen LogP contribution is -2.43. The summed E-state index contributed by atoms with van der Waals surface area (Å²) in [7, 11) is 0. The Kier molecular flexibility index (Phi) is 4.55. The molecule has 0 aliphatic carbocycles. The fraction of sp³-hybridized carbons (Fsp3) is 0.889. The minimum atomic E-state index is -4.61. The molecular weight excluding hydrogens is 225 g/mol. The molecular formula is C9H15F3N2O2. The topological polar surface area (TPSA) is 61.4 Å². The van der Waals surface area contributed by atoms with Crippen LogP contribution in [0.2, 0.25) is 0 Å². The Hall–Kier alpha value is -0.820. The van der Waals surface area contributed by atoms with Gasteiger partial charge >= 0.3 is 6.18 Å². The van der Waals surface area contributed by atoms with Crippen LogP contribution in [0.5, 0.6) is 0 Å². The number of alkyl halides is 3. The lowest BCUT2D eigenvalue weighted by molar-refractivity contribution is -0.202. The normalized spacial score (nSPS) is 24.8. The smallest absolute Gasteiger partial charge is 0.382 e. The summed E-state index contributed by atoms with van der Waals surface area (Å²) in [6, 6.07) is -0.292. The number of aliphatic hydroxyl groups excluding tert-OH is 1. The molecule has 7 heteroatoms. The van der Waals surface area contributed by atoms with Crippen molar-refractivity contribution in [3.05, 3.63) is 0 Å². The van der Waals surface area contributed by atoms with Crippen molar-refractivity contribution >= 4 is 5.91 Å². The molecule has 0 aromatic heterocycles. The van der Waals surface area contributed by atoms with Crippen molar-refractivity contribution in [1.29, 1.82) is 0 Å². The van der Waals surface area contributed by atoms with Crippen molar-refractivity contribution < 1.29 is 23.1 Å². The number of aliphatic hydroxyl groups is 1. The Morgan fingerprint density at radius 1 is 1.56 bits per heavy atom. The molecule has 0 aromatic rings. The molecule has 1 fully saturated rings. The van der Waals surface area contributed by atoms with Crippen molar-refractivity contribution in [2.24, 2.45) is 0 Å². The highest BCUT2D eigenvalue weighted by atomic mass is 19.4. The van der Waals surface area contributed by atoms with Crippen LogP contribution in [0.4, 0.5) is 13.2 Å². The summed E-state index contributed by atoms with van der Waals surface area (Å²) in [5.41, 5.74) is 0. The van der Waals surface area contributed by atoms with Gasteiger partial charge in [-0.2, -0.15) is 13.2 Å². The Bertz CT molecular complexity index is 245. The molecule has 2 unspecified atom stereocenters. The molecule has 1 aliphatic rings. The maximum Gasteiger partial charge on any atom is 0.415 e. The van der Waals surface area contributed by atoms with Gasteiger partial charge in [-0.25, -0.2) is 0 Å². The third-order valence-corrected chi connectivity index (χ3v) is 2.46. The van der Waals surface area contributed by atoms with E-state index in [1.807, 2.05) is 0 Å². The summed E-state index contributed by atoms with van der Waals surface area (Å²) in [6.45, 7) is -0.0136. The van der Waals surface area contributed by atoms with Crippen LogP contribution in [0.3, 0.4) is 0 Å². The lowest BCUT2D eigenvalue weighted by atomic mass is 10.1. The molecule has 3 N–H and O–H groups in total. The number of hydrogen-bond donors (Lipinski definition) is 3. The first-order valence-corrected chi connectivity index (χ1v) is 5.14. The fourth-order valence-corrected chi connectivity index (χ4v) is 1.54. The number of carbonyl (C=O) groups is 1. The van der Waals surface area contributed by atoms with E-state index in [9.17, 15) is 18.0 Å². The Morgan fingerprint density at radius 2 is 2.25 bits per heavy atom. The quantitative estimate of drug-likeness (QED) is 0.659. The van der Waals surface area contributed by atoms with Gasteiger partial charge in [0, 0.05) is 25.6 Å². The van der Waals surface area contributed by atoms with Gasteiger partial charge in [0.25, 0.3) is 0 Å². The monoisotopic (exact) mass is 240 g/mol. The molecule has 0 spiro atoms. The van der Waals surface area contributed by atoms with E-state index in [-0.39, 0.29) is 18.4 Å². The molecule has 1 aliphatic heterocycles. The molecule has 1 amide bonds. The van der Waals surface area contributed by atoms with Gasteiger partial charge in [-0.05, 0) is 12.8 Å². The molecule has 4 nitrogen and oxygen atoms in total. The molecule has 1 heterocycles. The number of amides is 1. The van der Waals surface area contributed by atoms with Crippen LogP contribution in [-0.4, -0.2) is 42.4 Å². The molecule has 16 heavy (non-hydrogen) atoms. The third kappa shape index (κ3) is 4.36. The molecule has 0 bridgehead atoms. The Labute approximate surface area is 91.2 Å². The van der Waals surface area contributed by atoms with Gasteiger partial charge in [-0.15, -0.1) is 0 Å². The first-order valence-electron chi connectivity index (χ1n) is 5.14. The minimum absolute atomic E-state index is 0.157. The van der Waals surface area contributed by atoms with Crippen LogP contribution in [0, 0.1) is 0 Å². The number of hydrogen-bond acceptors (Lipinski definition) is 3. The lowest BCUT2D eigenvalue weighted by Gasteiger charge is -2.19. The molecule has 0 saturated carbocycles. The van der Waals surface area contributed by atoms with Crippen LogP contribution >= 0.6 is 0 Å². The summed E-state index contributed by atoms with van der Waals surface area (Å²) in [5.74, 6) is -0.170. The van der Waals surface area contributed by atoms with Crippen LogP contribution in [0.1, 0.15) is 19.3 Å². The summed E-state index contributed by atoms with van der Waals surface area (Å²) in [5, 5.41) is 14.0. The predicted molar refractivity (Wildman–Crippen MR) is 50.7 cm³/mol. The second kappa shape index (κ2) is 5.49.